The van der Waals surface area contributed by atoms with Crippen LogP contribution in [0.3, 0.4) is 0 Å². The second-order valence-corrected chi connectivity index (χ2v) is 5.98. The predicted molar refractivity (Wildman–Crippen MR) is 86.0 cm³/mol. The number of unbranched alkanes of at least 4 members (excludes halogenated alkanes) is 1. The zero-order chi connectivity index (χ0) is 14.4. The third-order valence-corrected chi connectivity index (χ3v) is 4.12. The molecule has 20 heavy (non-hydrogen) atoms. The molecule has 0 radical (unpaired) electrons. The first-order valence-electron chi connectivity index (χ1n) is 7.54. The van der Waals surface area contributed by atoms with E-state index in [-0.39, 0.29) is 6.10 Å². The number of aliphatic hydroxyl groups is 1. The van der Waals surface area contributed by atoms with Crippen LogP contribution in [-0.2, 0) is 0 Å². The van der Waals surface area contributed by atoms with Crippen molar-refractivity contribution in [3.8, 4) is 0 Å². The van der Waals surface area contributed by atoms with Crippen molar-refractivity contribution < 1.29 is 5.11 Å². The Bertz CT molecular complexity index is 441. The van der Waals surface area contributed by atoms with E-state index in [4.69, 9.17) is 11.6 Å². The number of hydrogen-bond acceptors (Lipinski definition) is 2. The summed E-state index contributed by atoms with van der Waals surface area (Å²) in [6.45, 7) is 4.91. The Labute approximate surface area is 127 Å². The summed E-state index contributed by atoms with van der Waals surface area (Å²) in [5, 5.41) is 10.8. The van der Waals surface area contributed by atoms with Crippen molar-refractivity contribution >= 4 is 17.2 Å². The number of nitrogens with zero attached hydrogens (tertiary/aromatic N) is 1. The molecule has 0 saturated carbocycles. The molecular weight excluding hydrogens is 270 g/mol. The molecule has 0 aromatic heterocycles. The average molecular weight is 294 g/mol. The maximum absolute atomic E-state index is 9.97. The van der Waals surface area contributed by atoms with Crippen LogP contribution in [0.1, 0.15) is 38.2 Å². The minimum absolute atomic E-state index is 0.180. The summed E-state index contributed by atoms with van der Waals surface area (Å²) < 4.78 is 0. The van der Waals surface area contributed by atoms with Crippen LogP contribution in [0.2, 0.25) is 5.02 Å². The zero-order valence-electron chi connectivity index (χ0n) is 12.2. The van der Waals surface area contributed by atoms with E-state index in [9.17, 15) is 5.11 Å². The van der Waals surface area contributed by atoms with Crippen LogP contribution in [0.15, 0.2) is 30.3 Å². The molecule has 0 aliphatic carbocycles. The summed E-state index contributed by atoms with van der Waals surface area (Å²) in [5.41, 5.74) is 2.65. The SMILES string of the molecule is CCCCC(O)CN1CC=C(c2ccc(Cl)cc2)CC1. The number of rotatable bonds is 6. The molecule has 1 aliphatic rings. The second kappa shape index (κ2) is 7.82. The Morgan fingerprint density at radius 1 is 1.30 bits per heavy atom. The first-order chi connectivity index (χ1) is 9.69. The summed E-state index contributed by atoms with van der Waals surface area (Å²) in [5.74, 6) is 0. The Morgan fingerprint density at radius 3 is 2.65 bits per heavy atom. The quantitative estimate of drug-likeness (QED) is 0.857. The Hall–Kier alpha value is -0.830. The molecule has 0 spiro atoms. The van der Waals surface area contributed by atoms with Crippen LogP contribution in [0, 0.1) is 0 Å². The number of hydrogen-bond donors (Lipinski definition) is 1. The van der Waals surface area contributed by atoms with Gasteiger partial charge in [0.2, 0.25) is 0 Å². The van der Waals surface area contributed by atoms with Crippen molar-refractivity contribution in [2.24, 2.45) is 0 Å². The predicted octanol–water partition coefficient (Wildman–Crippen LogP) is 3.98. The molecule has 1 heterocycles. The van der Waals surface area contributed by atoms with E-state index in [0.717, 1.165) is 50.3 Å². The lowest BCUT2D eigenvalue weighted by atomic mass is 9.99. The van der Waals surface area contributed by atoms with E-state index in [1.165, 1.54) is 11.1 Å². The molecule has 2 rings (SSSR count). The fourth-order valence-electron chi connectivity index (χ4n) is 2.63. The van der Waals surface area contributed by atoms with Crippen molar-refractivity contribution in [2.75, 3.05) is 19.6 Å². The van der Waals surface area contributed by atoms with Crippen LogP contribution in [0.4, 0.5) is 0 Å². The molecule has 2 nitrogen and oxygen atoms in total. The van der Waals surface area contributed by atoms with Gasteiger partial charge in [0.1, 0.15) is 0 Å². The highest BCUT2D eigenvalue weighted by atomic mass is 35.5. The lowest BCUT2D eigenvalue weighted by molar-refractivity contribution is 0.108. The number of halogens is 1. The van der Waals surface area contributed by atoms with Crippen molar-refractivity contribution in [3.05, 3.63) is 40.9 Å². The lowest BCUT2D eigenvalue weighted by Crippen LogP contribution is -2.35. The van der Waals surface area contributed by atoms with Gasteiger partial charge in [-0.05, 0) is 36.1 Å². The van der Waals surface area contributed by atoms with Crippen LogP contribution in [0.25, 0.3) is 5.57 Å². The molecule has 0 saturated heterocycles. The molecule has 1 aromatic carbocycles. The third-order valence-electron chi connectivity index (χ3n) is 3.87. The van der Waals surface area contributed by atoms with Crippen molar-refractivity contribution in [3.63, 3.8) is 0 Å². The highest BCUT2D eigenvalue weighted by Crippen LogP contribution is 2.23. The largest absolute Gasteiger partial charge is 0.392 e. The van der Waals surface area contributed by atoms with Gasteiger partial charge in [0, 0.05) is 24.7 Å². The van der Waals surface area contributed by atoms with Gasteiger partial charge >= 0.3 is 0 Å². The fourth-order valence-corrected chi connectivity index (χ4v) is 2.76. The molecule has 110 valence electrons. The minimum atomic E-state index is -0.180. The maximum Gasteiger partial charge on any atom is 0.0667 e. The Kier molecular flexibility index (Phi) is 6.08. The first-order valence-corrected chi connectivity index (χ1v) is 7.92. The number of benzene rings is 1. The average Bonchev–Trinajstić information content (AvgIpc) is 2.47. The van der Waals surface area contributed by atoms with Crippen LogP contribution >= 0.6 is 11.6 Å². The topological polar surface area (TPSA) is 23.5 Å². The Morgan fingerprint density at radius 2 is 2.05 bits per heavy atom. The summed E-state index contributed by atoms with van der Waals surface area (Å²) in [7, 11) is 0. The van der Waals surface area contributed by atoms with Gasteiger partial charge in [0.25, 0.3) is 0 Å². The van der Waals surface area contributed by atoms with Gasteiger partial charge in [0.05, 0.1) is 6.10 Å². The van der Waals surface area contributed by atoms with E-state index in [1.807, 2.05) is 12.1 Å². The molecule has 3 heteroatoms. The van der Waals surface area contributed by atoms with Gasteiger partial charge in [-0.3, -0.25) is 4.90 Å². The standard InChI is InChI=1S/C17H24ClNO/c1-2-3-4-17(20)13-19-11-9-15(10-12-19)14-5-7-16(18)8-6-14/h5-9,17,20H,2-4,10-13H2,1H3. The van der Waals surface area contributed by atoms with E-state index in [2.05, 4.69) is 30.0 Å². The molecule has 1 N–H and O–H groups in total. The highest BCUT2D eigenvalue weighted by Gasteiger charge is 2.15. The number of aliphatic hydroxyl groups excluding tert-OH is 1. The molecule has 0 fully saturated rings. The highest BCUT2D eigenvalue weighted by molar-refractivity contribution is 6.30. The molecular formula is C17H24ClNO. The van der Waals surface area contributed by atoms with Gasteiger partial charge in [-0.1, -0.05) is 49.6 Å². The zero-order valence-corrected chi connectivity index (χ0v) is 12.9. The molecule has 1 aromatic rings. The van der Waals surface area contributed by atoms with Crippen molar-refractivity contribution in [1.29, 1.82) is 0 Å². The molecule has 1 atom stereocenters. The van der Waals surface area contributed by atoms with E-state index in [0.29, 0.717) is 0 Å². The third kappa shape index (κ3) is 4.62. The van der Waals surface area contributed by atoms with E-state index in [1.54, 1.807) is 0 Å². The number of β-amino-alcohol motifs (C(OH)–C–C–N with tert-alkyl or cyclic N) is 1. The van der Waals surface area contributed by atoms with Crippen molar-refractivity contribution in [1.82, 2.24) is 4.90 Å². The van der Waals surface area contributed by atoms with E-state index >= 15 is 0 Å². The summed E-state index contributed by atoms with van der Waals surface area (Å²) >= 11 is 5.92. The van der Waals surface area contributed by atoms with Gasteiger partial charge in [-0.25, -0.2) is 0 Å². The second-order valence-electron chi connectivity index (χ2n) is 5.54. The van der Waals surface area contributed by atoms with Gasteiger partial charge in [-0.15, -0.1) is 0 Å². The van der Waals surface area contributed by atoms with Gasteiger partial charge in [-0.2, -0.15) is 0 Å². The van der Waals surface area contributed by atoms with E-state index < -0.39 is 0 Å². The van der Waals surface area contributed by atoms with Crippen LogP contribution in [-0.4, -0.2) is 35.7 Å². The first kappa shape index (κ1) is 15.6. The lowest BCUT2D eigenvalue weighted by Gasteiger charge is -2.28. The van der Waals surface area contributed by atoms with Crippen LogP contribution < -0.4 is 0 Å². The summed E-state index contributed by atoms with van der Waals surface area (Å²) in [6, 6.07) is 8.05. The van der Waals surface area contributed by atoms with Crippen LogP contribution in [0.5, 0.6) is 0 Å². The Balaban J connectivity index is 1.85. The smallest absolute Gasteiger partial charge is 0.0667 e. The summed E-state index contributed by atoms with van der Waals surface area (Å²) in [6.07, 6.45) is 6.32. The minimum Gasteiger partial charge on any atom is -0.392 e. The van der Waals surface area contributed by atoms with Gasteiger partial charge < -0.3 is 5.11 Å². The van der Waals surface area contributed by atoms with Crippen molar-refractivity contribution in [2.45, 2.75) is 38.7 Å². The normalized spacial score (nSPS) is 17.9. The van der Waals surface area contributed by atoms with Gasteiger partial charge in [0.15, 0.2) is 0 Å². The maximum atomic E-state index is 9.97. The summed E-state index contributed by atoms with van der Waals surface area (Å²) in [4.78, 5) is 2.33. The fraction of sp³-hybridized carbons (Fsp3) is 0.529. The molecule has 1 unspecified atom stereocenters. The monoisotopic (exact) mass is 293 g/mol. The molecule has 0 amide bonds. The molecule has 0 bridgehead atoms. The molecule has 1 aliphatic heterocycles.